The van der Waals surface area contributed by atoms with Crippen LogP contribution in [0.4, 0.5) is 5.69 Å². The summed E-state index contributed by atoms with van der Waals surface area (Å²) in [6.45, 7) is 6.58. The van der Waals surface area contributed by atoms with E-state index in [1.54, 1.807) is 0 Å². The molecule has 3 heteroatoms. The lowest BCUT2D eigenvalue weighted by Gasteiger charge is -2.09. The molecule has 0 aliphatic carbocycles. The predicted molar refractivity (Wildman–Crippen MR) is 69.9 cm³/mol. The standard InChI is InChI=1S/C14H20N2O/c1-12(2)7-9-17-10-8-16-14-6-4-3-5-13(14)11-15/h3-6,12,16H,7-10H2,1-2H3. The third-order valence-electron chi connectivity index (χ3n) is 2.45. The predicted octanol–water partition coefficient (Wildman–Crippen LogP) is 3.03. The second kappa shape index (κ2) is 7.70. The molecule has 92 valence electrons. The van der Waals surface area contributed by atoms with Gasteiger partial charge in [0.05, 0.1) is 17.9 Å². The van der Waals surface area contributed by atoms with Crippen LogP contribution < -0.4 is 5.32 Å². The smallest absolute Gasteiger partial charge is 0.101 e. The maximum atomic E-state index is 8.90. The first kappa shape index (κ1) is 13.5. The average Bonchev–Trinajstić information content (AvgIpc) is 2.33. The molecule has 17 heavy (non-hydrogen) atoms. The van der Waals surface area contributed by atoms with E-state index in [4.69, 9.17) is 10.00 Å². The number of rotatable bonds is 7. The third-order valence-corrected chi connectivity index (χ3v) is 2.45. The Hall–Kier alpha value is -1.53. The number of anilines is 1. The third kappa shape index (κ3) is 5.37. The molecule has 0 unspecified atom stereocenters. The molecule has 0 radical (unpaired) electrons. The highest BCUT2D eigenvalue weighted by atomic mass is 16.5. The Kier molecular flexibility index (Phi) is 6.13. The summed E-state index contributed by atoms with van der Waals surface area (Å²) in [4.78, 5) is 0. The molecule has 0 amide bonds. The zero-order chi connectivity index (χ0) is 12.5. The molecule has 0 spiro atoms. The van der Waals surface area contributed by atoms with Crippen molar-refractivity contribution < 1.29 is 4.74 Å². The molecule has 0 fully saturated rings. The van der Waals surface area contributed by atoms with Crippen LogP contribution in [0.1, 0.15) is 25.8 Å². The molecule has 0 aromatic heterocycles. The number of hydrogen-bond donors (Lipinski definition) is 1. The van der Waals surface area contributed by atoms with Crippen molar-refractivity contribution in [3.63, 3.8) is 0 Å². The van der Waals surface area contributed by atoms with Crippen LogP contribution in [-0.2, 0) is 4.74 Å². The van der Waals surface area contributed by atoms with E-state index in [1.807, 2.05) is 24.3 Å². The zero-order valence-electron chi connectivity index (χ0n) is 10.6. The summed E-state index contributed by atoms with van der Waals surface area (Å²) in [6, 6.07) is 9.66. The van der Waals surface area contributed by atoms with Crippen molar-refractivity contribution in [3.8, 4) is 6.07 Å². The molecule has 0 saturated carbocycles. The minimum Gasteiger partial charge on any atom is -0.382 e. The van der Waals surface area contributed by atoms with Crippen molar-refractivity contribution in [3.05, 3.63) is 29.8 Å². The Balaban J connectivity index is 2.20. The fourth-order valence-corrected chi connectivity index (χ4v) is 1.41. The lowest BCUT2D eigenvalue weighted by Crippen LogP contribution is -2.11. The lowest BCUT2D eigenvalue weighted by molar-refractivity contribution is 0.132. The SMILES string of the molecule is CC(C)CCOCCNc1ccccc1C#N. The van der Waals surface area contributed by atoms with Gasteiger partial charge in [-0.2, -0.15) is 5.26 Å². The maximum absolute atomic E-state index is 8.90. The molecular formula is C14H20N2O. The van der Waals surface area contributed by atoms with E-state index >= 15 is 0 Å². The van der Waals surface area contributed by atoms with E-state index in [-0.39, 0.29) is 0 Å². The van der Waals surface area contributed by atoms with Gasteiger partial charge in [-0.05, 0) is 24.5 Å². The van der Waals surface area contributed by atoms with E-state index in [0.717, 1.165) is 25.3 Å². The van der Waals surface area contributed by atoms with Crippen molar-refractivity contribution in [1.29, 1.82) is 5.26 Å². The first-order valence-corrected chi connectivity index (χ1v) is 6.04. The first-order chi connectivity index (χ1) is 8.24. The van der Waals surface area contributed by atoms with Crippen molar-refractivity contribution in [2.45, 2.75) is 20.3 Å². The largest absolute Gasteiger partial charge is 0.382 e. The highest BCUT2D eigenvalue weighted by molar-refractivity contribution is 5.56. The quantitative estimate of drug-likeness (QED) is 0.735. The number of hydrogen-bond acceptors (Lipinski definition) is 3. The van der Waals surface area contributed by atoms with Gasteiger partial charge in [-0.1, -0.05) is 26.0 Å². The van der Waals surface area contributed by atoms with Crippen LogP contribution in [0.3, 0.4) is 0 Å². The molecular weight excluding hydrogens is 212 g/mol. The van der Waals surface area contributed by atoms with Gasteiger partial charge in [0, 0.05) is 13.2 Å². The van der Waals surface area contributed by atoms with Gasteiger partial charge < -0.3 is 10.1 Å². The second-order valence-corrected chi connectivity index (χ2v) is 4.38. The van der Waals surface area contributed by atoms with E-state index < -0.39 is 0 Å². The van der Waals surface area contributed by atoms with E-state index in [2.05, 4.69) is 25.2 Å². The number of ether oxygens (including phenoxy) is 1. The minimum absolute atomic E-state index is 0.673. The lowest BCUT2D eigenvalue weighted by atomic mass is 10.1. The minimum atomic E-state index is 0.673. The normalized spacial score (nSPS) is 10.2. The number of benzene rings is 1. The Morgan fingerprint density at radius 1 is 1.29 bits per heavy atom. The molecule has 3 nitrogen and oxygen atoms in total. The van der Waals surface area contributed by atoms with Gasteiger partial charge >= 0.3 is 0 Å². The van der Waals surface area contributed by atoms with Crippen LogP contribution in [-0.4, -0.2) is 19.8 Å². The van der Waals surface area contributed by atoms with Crippen LogP contribution in [0, 0.1) is 17.2 Å². The first-order valence-electron chi connectivity index (χ1n) is 6.04. The van der Waals surface area contributed by atoms with Gasteiger partial charge in [-0.3, -0.25) is 0 Å². The fraction of sp³-hybridized carbons (Fsp3) is 0.500. The van der Waals surface area contributed by atoms with Crippen LogP contribution in [0.2, 0.25) is 0 Å². The second-order valence-electron chi connectivity index (χ2n) is 4.38. The van der Waals surface area contributed by atoms with Crippen molar-refractivity contribution in [2.75, 3.05) is 25.1 Å². The molecule has 0 saturated heterocycles. The Morgan fingerprint density at radius 2 is 2.06 bits per heavy atom. The molecule has 0 aliphatic rings. The Labute approximate surface area is 103 Å². The molecule has 0 bridgehead atoms. The highest BCUT2D eigenvalue weighted by Gasteiger charge is 1.99. The topological polar surface area (TPSA) is 45.0 Å². The summed E-state index contributed by atoms with van der Waals surface area (Å²) >= 11 is 0. The maximum Gasteiger partial charge on any atom is 0.101 e. The monoisotopic (exact) mass is 232 g/mol. The number of para-hydroxylation sites is 1. The van der Waals surface area contributed by atoms with Gasteiger partial charge in [0.2, 0.25) is 0 Å². The summed E-state index contributed by atoms with van der Waals surface area (Å²) in [6.07, 6.45) is 1.09. The number of nitriles is 1. The van der Waals surface area contributed by atoms with Crippen LogP contribution >= 0.6 is 0 Å². The molecule has 1 rings (SSSR count). The van der Waals surface area contributed by atoms with Gasteiger partial charge in [-0.25, -0.2) is 0 Å². The van der Waals surface area contributed by atoms with Crippen LogP contribution in [0.25, 0.3) is 0 Å². The molecule has 0 aliphatic heterocycles. The fourth-order valence-electron chi connectivity index (χ4n) is 1.41. The van der Waals surface area contributed by atoms with E-state index in [1.165, 1.54) is 0 Å². The van der Waals surface area contributed by atoms with Gasteiger partial charge in [0.1, 0.15) is 6.07 Å². The summed E-state index contributed by atoms with van der Waals surface area (Å²) in [7, 11) is 0. The van der Waals surface area contributed by atoms with Gasteiger partial charge in [-0.15, -0.1) is 0 Å². The van der Waals surface area contributed by atoms with Gasteiger partial charge in [0.25, 0.3) is 0 Å². The summed E-state index contributed by atoms with van der Waals surface area (Å²) in [5.41, 5.74) is 1.55. The van der Waals surface area contributed by atoms with Gasteiger partial charge in [0.15, 0.2) is 0 Å². The summed E-state index contributed by atoms with van der Waals surface area (Å²) in [5.74, 6) is 0.683. The molecule has 0 atom stereocenters. The molecule has 1 N–H and O–H groups in total. The van der Waals surface area contributed by atoms with Crippen molar-refractivity contribution >= 4 is 5.69 Å². The summed E-state index contributed by atoms with van der Waals surface area (Å²) in [5, 5.41) is 12.1. The average molecular weight is 232 g/mol. The highest BCUT2D eigenvalue weighted by Crippen LogP contribution is 2.12. The number of nitrogens with one attached hydrogen (secondary N) is 1. The Morgan fingerprint density at radius 3 is 2.76 bits per heavy atom. The zero-order valence-corrected chi connectivity index (χ0v) is 10.6. The molecule has 1 aromatic carbocycles. The molecule has 0 heterocycles. The molecule has 1 aromatic rings. The number of nitrogens with zero attached hydrogens (tertiary/aromatic N) is 1. The van der Waals surface area contributed by atoms with E-state index in [9.17, 15) is 0 Å². The van der Waals surface area contributed by atoms with E-state index in [0.29, 0.717) is 18.1 Å². The summed E-state index contributed by atoms with van der Waals surface area (Å²) < 4.78 is 5.49. The van der Waals surface area contributed by atoms with Crippen molar-refractivity contribution in [2.24, 2.45) is 5.92 Å². The van der Waals surface area contributed by atoms with Crippen LogP contribution in [0.15, 0.2) is 24.3 Å². The van der Waals surface area contributed by atoms with Crippen LogP contribution in [0.5, 0.6) is 0 Å². The van der Waals surface area contributed by atoms with Crippen molar-refractivity contribution in [1.82, 2.24) is 0 Å². The Bertz CT molecular complexity index is 369.